The number of ether oxygens (including phenoxy) is 2. The lowest BCUT2D eigenvalue weighted by Crippen LogP contribution is -2.44. The van der Waals surface area contributed by atoms with E-state index in [0.29, 0.717) is 28.6 Å². The molecule has 1 saturated heterocycles. The summed E-state index contributed by atoms with van der Waals surface area (Å²) >= 11 is 6.37. The Morgan fingerprint density at radius 1 is 1.24 bits per heavy atom. The van der Waals surface area contributed by atoms with Crippen molar-refractivity contribution in [2.75, 3.05) is 13.7 Å². The predicted molar refractivity (Wildman–Crippen MR) is 118 cm³/mol. The second-order valence-electron chi connectivity index (χ2n) is 5.83. The van der Waals surface area contributed by atoms with Gasteiger partial charge in [0.2, 0.25) is 0 Å². The van der Waals surface area contributed by atoms with Gasteiger partial charge >= 0.3 is 0 Å². The van der Waals surface area contributed by atoms with Gasteiger partial charge in [-0.25, -0.2) is 0 Å². The van der Waals surface area contributed by atoms with Crippen LogP contribution in [0.4, 0.5) is 0 Å². The zero-order valence-corrected chi connectivity index (χ0v) is 17.2. The minimum Gasteiger partial charge on any atom is -0.493 e. The standard InChI is InChI=1S/C21H18N2O4S2/c1-3-11-27-16-10-9-14(12-17(16)26-2)13-18-20(25)23(21(28)29-18)22-19(24)15-7-5-4-6-8-15/h3-10,12-13H,1,11H2,2H3,(H,22,24)/b18-13+. The zero-order chi connectivity index (χ0) is 20.8. The molecule has 1 fully saturated rings. The van der Waals surface area contributed by atoms with Crippen molar-refractivity contribution in [3.63, 3.8) is 0 Å². The van der Waals surface area contributed by atoms with Gasteiger partial charge in [-0.1, -0.05) is 48.7 Å². The topological polar surface area (TPSA) is 67.9 Å². The molecule has 0 bridgehead atoms. The van der Waals surface area contributed by atoms with Gasteiger partial charge in [-0.3, -0.25) is 15.0 Å². The Hall–Kier alpha value is -3.10. The third kappa shape index (κ3) is 4.85. The Balaban J connectivity index is 1.77. The summed E-state index contributed by atoms with van der Waals surface area (Å²) in [6.45, 7) is 3.97. The number of hydrazine groups is 1. The van der Waals surface area contributed by atoms with Crippen LogP contribution in [0.2, 0.25) is 0 Å². The minimum atomic E-state index is -0.409. The molecule has 0 aromatic heterocycles. The number of methoxy groups -OCH3 is 1. The number of rotatable bonds is 7. The number of carbonyl (C=O) groups is 2. The number of nitrogens with zero attached hydrogens (tertiary/aromatic N) is 1. The smallest absolute Gasteiger partial charge is 0.285 e. The van der Waals surface area contributed by atoms with E-state index in [1.807, 2.05) is 0 Å². The summed E-state index contributed by atoms with van der Waals surface area (Å²) in [6, 6.07) is 13.9. The molecule has 1 aliphatic rings. The molecule has 1 N–H and O–H groups in total. The minimum absolute atomic E-state index is 0.253. The van der Waals surface area contributed by atoms with E-state index >= 15 is 0 Å². The predicted octanol–water partition coefficient (Wildman–Crippen LogP) is 3.81. The maximum atomic E-state index is 12.7. The van der Waals surface area contributed by atoms with Crippen LogP contribution in [0.15, 0.2) is 66.1 Å². The number of hydrogen-bond acceptors (Lipinski definition) is 6. The maximum Gasteiger partial charge on any atom is 0.285 e. The lowest BCUT2D eigenvalue weighted by atomic mass is 10.2. The molecule has 1 aliphatic heterocycles. The Bertz CT molecular complexity index is 989. The number of thioether (sulfide) groups is 1. The monoisotopic (exact) mass is 426 g/mol. The normalized spacial score (nSPS) is 14.8. The highest BCUT2D eigenvalue weighted by molar-refractivity contribution is 8.26. The molecule has 2 aromatic rings. The number of benzene rings is 2. The van der Waals surface area contributed by atoms with Gasteiger partial charge in [0, 0.05) is 5.56 Å². The number of nitrogens with one attached hydrogen (secondary N) is 1. The van der Waals surface area contributed by atoms with Crippen LogP contribution in [-0.4, -0.2) is 34.9 Å². The lowest BCUT2D eigenvalue weighted by Gasteiger charge is -2.15. The Kier molecular flexibility index (Phi) is 6.69. The zero-order valence-electron chi connectivity index (χ0n) is 15.6. The van der Waals surface area contributed by atoms with E-state index in [4.69, 9.17) is 21.7 Å². The van der Waals surface area contributed by atoms with Gasteiger partial charge in [-0.2, -0.15) is 5.01 Å². The summed E-state index contributed by atoms with van der Waals surface area (Å²) in [7, 11) is 1.54. The fraction of sp³-hybridized carbons (Fsp3) is 0.0952. The summed E-state index contributed by atoms with van der Waals surface area (Å²) in [5.74, 6) is 0.310. The van der Waals surface area contributed by atoms with Gasteiger partial charge in [0.05, 0.1) is 12.0 Å². The molecule has 0 atom stereocenters. The second-order valence-corrected chi connectivity index (χ2v) is 7.51. The first-order valence-electron chi connectivity index (χ1n) is 8.59. The maximum absolute atomic E-state index is 12.7. The molecule has 6 nitrogen and oxygen atoms in total. The van der Waals surface area contributed by atoms with Gasteiger partial charge in [-0.15, -0.1) is 0 Å². The van der Waals surface area contributed by atoms with Gasteiger partial charge in [-0.05, 0) is 48.1 Å². The van der Waals surface area contributed by atoms with E-state index in [1.54, 1.807) is 67.8 Å². The Morgan fingerprint density at radius 3 is 2.69 bits per heavy atom. The van der Waals surface area contributed by atoms with E-state index in [0.717, 1.165) is 22.3 Å². The summed E-state index contributed by atoms with van der Waals surface area (Å²) < 4.78 is 11.1. The average molecular weight is 427 g/mol. The molecular weight excluding hydrogens is 408 g/mol. The van der Waals surface area contributed by atoms with Gasteiger partial charge in [0.25, 0.3) is 11.8 Å². The summed E-state index contributed by atoms with van der Waals surface area (Å²) in [6.07, 6.45) is 3.33. The highest BCUT2D eigenvalue weighted by Crippen LogP contribution is 2.34. The van der Waals surface area contributed by atoms with Crippen LogP contribution in [0.1, 0.15) is 15.9 Å². The Labute approximate surface area is 178 Å². The first-order valence-corrected chi connectivity index (χ1v) is 9.81. The molecule has 0 unspecified atom stereocenters. The molecular formula is C21H18N2O4S2. The first-order chi connectivity index (χ1) is 14.0. The van der Waals surface area contributed by atoms with Gasteiger partial charge in [0.15, 0.2) is 15.8 Å². The van der Waals surface area contributed by atoms with Crippen LogP contribution in [0.5, 0.6) is 11.5 Å². The quantitative estimate of drug-likeness (QED) is 0.413. The van der Waals surface area contributed by atoms with Crippen molar-refractivity contribution < 1.29 is 19.1 Å². The third-order valence-corrected chi connectivity index (χ3v) is 5.19. The molecule has 2 aromatic carbocycles. The van der Waals surface area contributed by atoms with Crippen LogP contribution in [0.25, 0.3) is 6.08 Å². The van der Waals surface area contributed by atoms with Crippen molar-refractivity contribution >= 4 is 46.2 Å². The van der Waals surface area contributed by atoms with E-state index in [-0.39, 0.29) is 4.32 Å². The van der Waals surface area contributed by atoms with Gasteiger partial charge in [0.1, 0.15) is 6.61 Å². The highest BCUT2D eigenvalue weighted by Gasteiger charge is 2.33. The van der Waals surface area contributed by atoms with E-state index < -0.39 is 11.8 Å². The number of thiocarbonyl (C=S) groups is 1. The molecule has 2 amide bonds. The molecule has 0 aliphatic carbocycles. The summed E-state index contributed by atoms with van der Waals surface area (Å²) in [4.78, 5) is 25.4. The molecule has 29 heavy (non-hydrogen) atoms. The number of amides is 2. The molecule has 1 heterocycles. The SMILES string of the molecule is C=CCOc1ccc(/C=C2/SC(=S)N(NC(=O)c3ccccc3)C2=O)cc1OC. The molecule has 0 radical (unpaired) electrons. The third-order valence-electron chi connectivity index (χ3n) is 3.89. The van der Waals surface area contributed by atoms with Crippen LogP contribution in [0.3, 0.4) is 0 Å². The highest BCUT2D eigenvalue weighted by atomic mass is 32.2. The number of hydrogen-bond donors (Lipinski definition) is 1. The van der Waals surface area contributed by atoms with Crippen molar-refractivity contribution in [2.45, 2.75) is 0 Å². The molecule has 8 heteroatoms. The van der Waals surface area contributed by atoms with Crippen molar-refractivity contribution in [1.82, 2.24) is 10.4 Å². The van der Waals surface area contributed by atoms with Crippen molar-refractivity contribution in [3.05, 3.63) is 77.2 Å². The Morgan fingerprint density at radius 2 is 2.00 bits per heavy atom. The fourth-order valence-corrected chi connectivity index (χ4v) is 3.69. The van der Waals surface area contributed by atoms with E-state index in [2.05, 4.69) is 12.0 Å². The van der Waals surface area contributed by atoms with Crippen molar-refractivity contribution in [2.24, 2.45) is 0 Å². The van der Waals surface area contributed by atoms with Gasteiger partial charge < -0.3 is 9.47 Å². The van der Waals surface area contributed by atoms with E-state index in [9.17, 15) is 9.59 Å². The molecule has 3 rings (SSSR count). The average Bonchev–Trinajstić information content (AvgIpc) is 3.00. The van der Waals surface area contributed by atoms with E-state index in [1.165, 1.54) is 0 Å². The molecule has 148 valence electrons. The summed E-state index contributed by atoms with van der Waals surface area (Å²) in [5.41, 5.74) is 3.73. The second kappa shape index (κ2) is 9.40. The lowest BCUT2D eigenvalue weighted by molar-refractivity contribution is -0.123. The van der Waals surface area contributed by atoms with Crippen molar-refractivity contribution in [3.8, 4) is 11.5 Å². The number of carbonyl (C=O) groups excluding carboxylic acids is 2. The molecule has 0 saturated carbocycles. The van der Waals surface area contributed by atoms with Crippen LogP contribution in [-0.2, 0) is 4.79 Å². The van der Waals surface area contributed by atoms with Crippen LogP contribution in [0, 0.1) is 0 Å². The van der Waals surface area contributed by atoms with Crippen LogP contribution < -0.4 is 14.9 Å². The molecule has 0 spiro atoms. The van der Waals surface area contributed by atoms with Crippen LogP contribution >= 0.6 is 24.0 Å². The fourth-order valence-electron chi connectivity index (χ4n) is 2.51. The first kappa shape index (κ1) is 20.6. The largest absolute Gasteiger partial charge is 0.493 e. The van der Waals surface area contributed by atoms with Crippen molar-refractivity contribution in [1.29, 1.82) is 0 Å². The summed E-state index contributed by atoms with van der Waals surface area (Å²) in [5, 5.41) is 1.08.